The molecule has 0 heterocycles. The minimum Gasteiger partial charge on any atom is -0.345 e. The Labute approximate surface area is 116 Å². The third kappa shape index (κ3) is 3.00. The Morgan fingerprint density at radius 1 is 1.10 bits per heavy atom. The Morgan fingerprint density at radius 3 is 2.35 bits per heavy atom. The van der Waals surface area contributed by atoms with E-state index in [0.717, 1.165) is 5.56 Å². The van der Waals surface area contributed by atoms with Crippen molar-refractivity contribution < 1.29 is 9.72 Å². The molecule has 1 atom stereocenters. The first-order valence-corrected chi connectivity index (χ1v) is 6.19. The van der Waals surface area contributed by atoms with Crippen molar-refractivity contribution in [3.8, 4) is 0 Å². The van der Waals surface area contributed by atoms with Gasteiger partial charge >= 0.3 is 0 Å². The van der Waals surface area contributed by atoms with Gasteiger partial charge < -0.3 is 5.32 Å². The number of benzene rings is 2. The molecule has 0 spiro atoms. The van der Waals surface area contributed by atoms with Crippen molar-refractivity contribution in [3.63, 3.8) is 0 Å². The molecule has 0 saturated heterocycles. The van der Waals surface area contributed by atoms with Crippen LogP contribution in [0.3, 0.4) is 0 Å². The first-order chi connectivity index (χ1) is 9.59. The summed E-state index contributed by atoms with van der Waals surface area (Å²) < 4.78 is 0. The van der Waals surface area contributed by atoms with Crippen molar-refractivity contribution >= 4 is 11.6 Å². The summed E-state index contributed by atoms with van der Waals surface area (Å²) in [6.07, 6.45) is 0. The van der Waals surface area contributed by atoms with E-state index in [1.807, 2.05) is 37.3 Å². The SMILES string of the molecule is C[C@@H](NC(=O)c1ccccc1[N+](=O)[O-])c1ccccc1. The topological polar surface area (TPSA) is 72.2 Å². The van der Waals surface area contributed by atoms with E-state index in [1.165, 1.54) is 18.2 Å². The van der Waals surface area contributed by atoms with Gasteiger partial charge in [-0.3, -0.25) is 14.9 Å². The number of amides is 1. The summed E-state index contributed by atoms with van der Waals surface area (Å²) in [6.45, 7) is 1.84. The van der Waals surface area contributed by atoms with E-state index in [2.05, 4.69) is 5.32 Å². The predicted octanol–water partition coefficient (Wildman–Crippen LogP) is 3.09. The standard InChI is InChI=1S/C15H14N2O3/c1-11(12-7-3-2-4-8-12)16-15(18)13-9-5-6-10-14(13)17(19)20/h2-11H,1H3,(H,16,18)/t11-/m1/s1. The summed E-state index contributed by atoms with van der Waals surface area (Å²) in [7, 11) is 0. The number of para-hydroxylation sites is 1. The number of nitrogens with zero attached hydrogens (tertiary/aromatic N) is 1. The van der Waals surface area contributed by atoms with Gasteiger partial charge in [0.25, 0.3) is 11.6 Å². The van der Waals surface area contributed by atoms with Crippen LogP contribution in [0.5, 0.6) is 0 Å². The van der Waals surface area contributed by atoms with Crippen LogP contribution >= 0.6 is 0 Å². The fourth-order valence-electron chi connectivity index (χ4n) is 1.92. The molecule has 1 amide bonds. The predicted molar refractivity (Wildman–Crippen MR) is 75.4 cm³/mol. The number of nitro benzene ring substituents is 1. The van der Waals surface area contributed by atoms with Gasteiger partial charge in [0.05, 0.1) is 11.0 Å². The van der Waals surface area contributed by atoms with Crippen molar-refractivity contribution in [1.29, 1.82) is 0 Å². The zero-order valence-corrected chi connectivity index (χ0v) is 10.9. The van der Waals surface area contributed by atoms with Crippen LogP contribution in [0.2, 0.25) is 0 Å². The first kappa shape index (κ1) is 13.7. The molecule has 2 aromatic rings. The fourth-order valence-corrected chi connectivity index (χ4v) is 1.92. The van der Waals surface area contributed by atoms with Crippen LogP contribution in [0.4, 0.5) is 5.69 Å². The van der Waals surface area contributed by atoms with Crippen LogP contribution in [-0.2, 0) is 0 Å². The Hall–Kier alpha value is -2.69. The summed E-state index contributed by atoms with van der Waals surface area (Å²) in [5, 5.41) is 13.7. The number of rotatable bonds is 4. The molecule has 0 unspecified atom stereocenters. The average Bonchev–Trinajstić information content (AvgIpc) is 2.48. The van der Waals surface area contributed by atoms with Crippen molar-refractivity contribution in [2.24, 2.45) is 0 Å². The third-order valence-electron chi connectivity index (χ3n) is 2.99. The highest BCUT2D eigenvalue weighted by Gasteiger charge is 2.20. The second-order valence-electron chi connectivity index (χ2n) is 4.38. The maximum absolute atomic E-state index is 12.1. The lowest BCUT2D eigenvalue weighted by Crippen LogP contribution is -2.27. The molecule has 0 bridgehead atoms. The van der Waals surface area contributed by atoms with Crippen LogP contribution in [0, 0.1) is 10.1 Å². The molecular formula is C15H14N2O3. The summed E-state index contributed by atoms with van der Waals surface area (Å²) >= 11 is 0. The van der Waals surface area contributed by atoms with Gasteiger partial charge in [-0.2, -0.15) is 0 Å². The van der Waals surface area contributed by atoms with Gasteiger partial charge in [-0.15, -0.1) is 0 Å². The molecule has 102 valence electrons. The zero-order chi connectivity index (χ0) is 14.5. The largest absolute Gasteiger partial charge is 0.345 e. The zero-order valence-electron chi connectivity index (χ0n) is 10.9. The molecule has 0 aliphatic carbocycles. The average molecular weight is 270 g/mol. The van der Waals surface area contributed by atoms with Gasteiger partial charge in [0.2, 0.25) is 0 Å². The minimum absolute atomic E-state index is 0.0697. The molecule has 0 aliphatic heterocycles. The quantitative estimate of drug-likeness (QED) is 0.685. The third-order valence-corrected chi connectivity index (χ3v) is 2.99. The monoisotopic (exact) mass is 270 g/mol. The van der Waals surface area contributed by atoms with E-state index in [-0.39, 0.29) is 17.3 Å². The number of nitrogens with one attached hydrogen (secondary N) is 1. The molecule has 2 rings (SSSR count). The smallest absolute Gasteiger partial charge is 0.282 e. The highest BCUT2D eigenvalue weighted by molar-refractivity contribution is 5.98. The number of nitro groups is 1. The highest BCUT2D eigenvalue weighted by Crippen LogP contribution is 2.19. The van der Waals surface area contributed by atoms with E-state index >= 15 is 0 Å². The van der Waals surface area contributed by atoms with Gasteiger partial charge in [-0.1, -0.05) is 42.5 Å². The van der Waals surface area contributed by atoms with Crippen molar-refractivity contribution in [3.05, 3.63) is 75.8 Å². The Morgan fingerprint density at radius 2 is 1.70 bits per heavy atom. The lowest BCUT2D eigenvalue weighted by Gasteiger charge is -2.14. The van der Waals surface area contributed by atoms with Crippen molar-refractivity contribution in [2.45, 2.75) is 13.0 Å². The van der Waals surface area contributed by atoms with Crippen LogP contribution in [0.1, 0.15) is 28.9 Å². The molecule has 5 nitrogen and oxygen atoms in total. The van der Waals surface area contributed by atoms with Crippen LogP contribution in [0.15, 0.2) is 54.6 Å². The van der Waals surface area contributed by atoms with E-state index in [4.69, 9.17) is 0 Å². The van der Waals surface area contributed by atoms with Crippen LogP contribution in [-0.4, -0.2) is 10.8 Å². The van der Waals surface area contributed by atoms with Crippen LogP contribution < -0.4 is 5.32 Å². The minimum atomic E-state index is -0.553. The number of carbonyl (C=O) groups excluding carboxylic acids is 1. The fraction of sp³-hybridized carbons (Fsp3) is 0.133. The van der Waals surface area contributed by atoms with E-state index in [1.54, 1.807) is 6.07 Å². The molecule has 0 saturated carbocycles. The van der Waals surface area contributed by atoms with Gasteiger partial charge in [0.15, 0.2) is 0 Å². The Kier molecular flexibility index (Phi) is 4.10. The van der Waals surface area contributed by atoms with E-state index in [9.17, 15) is 14.9 Å². The normalized spacial score (nSPS) is 11.7. The van der Waals surface area contributed by atoms with Crippen molar-refractivity contribution in [2.75, 3.05) is 0 Å². The number of carbonyl (C=O) groups is 1. The second kappa shape index (κ2) is 5.97. The highest BCUT2D eigenvalue weighted by atomic mass is 16.6. The molecule has 2 aromatic carbocycles. The first-order valence-electron chi connectivity index (χ1n) is 6.19. The van der Waals surface area contributed by atoms with E-state index < -0.39 is 10.8 Å². The van der Waals surface area contributed by atoms with Crippen molar-refractivity contribution in [1.82, 2.24) is 5.32 Å². The number of hydrogen-bond donors (Lipinski definition) is 1. The summed E-state index contributed by atoms with van der Waals surface area (Å²) in [4.78, 5) is 22.5. The van der Waals surface area contributed by atoms with Gasteiger partial charge in [-0.05, 0) is 18.6 Å². The number of hydrogen-bond acceptors (Lipinski definition) is 3. The summed E-state index contributed by atoms with van der Waals surface area (Å²) in [6, 6.07) is 15.1. The van der Waals surface area contributed by atoms with Gasteiger partial charge in [0.1, 0.15) is 5.56 Å². The second-order valence-corrected chi connectivity index (χ2v) is 4.38. The molecule has 5 heteroatoms. The van der Waals surface area contributed by atoms with Gasteiger partial charge in [-0.25, -0.2) is 0 Å². The maximum atomic E-state index is 12.1. The molecule has 0 radical (unpaired) electrons. The summed E-state index contributed by atoms with van der Waals surface area (Å²) in [5.74, 6) is -0.450. The van der Waals surface area contributed by atoms with Crippen LogP contribution in [0.25, 0.3) is 0 Å². The summed E-state index contributed by atoms with van der Waals surface area (Å²) in [5.41, 5.74) is 0.824. The maximum Gasteiger partial charge on any atom is 0.282 e. The van der Waals surface area contributed by atoms with Gasteiger partial charge in [0, 0.05) is 6.07 Å². The van der Waals surface area contributed by atoms with E-state index in [0.29, 0.717) is 0 Å². The molecule has 0 fully saturated rings. The Balaban J connectivity index is 2.19. The lowest BCUT2D eigenvalue weighted by molar-refractivity contribution is -0.385. The molecule has 0 aromatic heterocycles. The lowest BCUT2D eigenvalue weighted by atomic mass is 10.1. The molecule has 0 aliphatic rings. The molecule has 20 heavy (non-hydrogen) atoms. The molecule has 1 N–H and O–H groups in total. The molecular weight excluding hydrogens is 256 g/mol. The Bertz CT molecular complexity index is 626.